The van der Waals surface area contributed by atoms with Crippen LogP contribution in [0.3, 0.4) is 0 Å². The molecule has 1 N–H and O–H groups in total. The summed E-state index contributed by atoms with van der Waals surface area (Å²) in [5.74, 6) is -0.750. The van der Waals surface area contributed by atoms with E-state index in [1.54, 1.807) is 0 Å². The topological polar surface area (TPSA) is 49.8 Å². The van der Waals surface area contributed by atoms with Crippen LogP contribution in [0.15, 0.2) is 24.3 Å². The summed E-state index contributed by atoms with van der Waals surface area (Å²) < 4.78 is 5.70. The molecule has 108 valence electrons. The molecular weight excluding hydrogens is 254 g/mol. The van der Waals surface area contributed by atoms with Crippen LogP contribution in [0.4, 0.5) is 0 Å². The van der Waals surface area contributed by atoms with Crippen molar-refractivity contribution in [1.82, 2.24) is 4.90 Å². The quantitative estimate of drug-likeness (QED) is 0.917. The summed E-state index contributed by atoms with van der Waals surface area (Å²) in [6.45, 7) is 1.34. The van der Waals surface area contributed by atoms with E-state index in [9.17, 15) is 9.90 Å². The summed E-state index contributed by atoms with van der Waals surface area (Å²) in [5, 5.41) is 9.24. The molecule has 1 aromatic rings. The average Bonchev–Trinajstić information content (AvgIpc) is 2.98. The summed E-state index contributed by atoms with van der Waals surface area (Å²) in [7, 11) is 0. The number of ether oxygens (including phenoxy) is 1. The van der Waals surface area contributed by atoms with Crippen LogP contribution in [-0.4, -0.2) is 35.2 Å². The number of rotatable bonds is 4. The number of carboxylic acids is 1. The minimum Gasteiger partial charge on any atom is -0.480 e. The standard InChI is InChI=1S/C16H21NO3/c18-16(19)9-17(13-6-2-3-7-13)15-11-20-10-12-5-1-4-8-14(12)15/h1,4-5,8,13,15H,2-3,6-7,9-11H2,(H,18,19). The van der Waals surface area contributed by atoms with Crippen molar-refractivity contribution in [3.63, 3.8) is 0 Å². The first-order valence-electron chi connectivity index (χ1n) is 7.39. The number of fused-ring (bicyclic) bond motifs is 1. The first kappa shape index (κ1) is 13.6. The van der Waals surface area contributed by atoms with E-state index in [4.69, 9.17) is 4.74 Å². The highest BCUT2D eigenvalue weighted by Crippen LogP contribution is 2.35. The number of hydrogen-bond acceptors (Lipinski definition) is 3. The predicted octanol–water partition coefficient (Wildman–Crippen LogP) is 2.59. The van der Waals surface area contributed by atoms with Gasteiger partial charge in [0.15, 0.2) is 0 Å². The maximum Gasteiger partial charge on any atom is 0.317 e. The minimum atomic E-state index is -0.750. The Morgan fingerprint density at radius 1 is 1.30 bits per heavy atom. The summed E-state index contributed by atoms with van der Waals surface area (Å²) in [4.78, 5) is 13.4. The lowest BCUT2D eigenvalue weighted by atomic mass is 9.96. The number of hydrogen-bond donors (Lipinski definition) is 1. The molecule has 1 unspecified atom stereocenters. The van der Waals surface area contributed by atoms with Gasteiger partial charge in [-0.25, -0.2) is 0 Å². The van der Waals surface area contributed by atoms with Gasteiger partial charge in [-0.15, -0.1) is 0 Å². The maximum absolute atomic E-state index is 11.2. The van der Waals surface area contributed by atoms with Gasteiger partial charge in [0.1, 0.15) is 0 Å². The molecule has 1 fully saturated rings. The van der Waals surface area contributed by atoms with E-state index in [-0.39, 0.29) is 12.6 Å². The van der Waals surface area contributed by atoms with Gasteiger partial charge in [0.25, 0.3) is 0 Å². The van der Waals surface area contributed by atoms with E-state index in [1.807, 2.05) is 12.1 Å². The van der Waals surface area contributed by atoms with Crippen LogP contribution in [0.2, 0.25) is 0 Å². The van der Waals surface area contributed by atoms with Crippen molar-refractivity contribution in [1.29, 1.82) is 0 Å². The van der Waals surface area contributed by atoms with Crippen LogP contribution in [0.1, 0.15) is 42.9 Å². The lowest BCUT2D eigenvalue weighted by molar-refractivity contribution is -0.140. The van der Waals surface area contributed by atoms with Crippen LogP contribution >= 0.6 is 0 Å². The van der Waals surface area contributed by atoms with Crippen molar-refractivity contribution in [2.24, 2.45) is 0 Å². The second-order valence-electron chi connectivity index (χ2n) is 5.73. The van der Waals surface area contributed by atoms with Gasteiger partial charge in [0.2, 0.25) is 0 Å². The Bertz CT molecular complexity index is 482. The molecule has 3 rings (SSSR count). The second kappa shape index (κ2) is 5.94. The zero-order valence-corrected chi connectivity index (χ0v) is 11.6. The summed E-state index contributed by atoms with van der Waals surface area (Å²) in [6.07, 6.45) is 4.61. The Morgan fingerprint density at radius 3 is 2.80 bits per heavy atom. The first-order chi connectivity index (χ1) is 9.75. The summed E-state index contributed by atoms with van der Waals surface area (Å²) in [6, 6.07) is 8.71. The van der Waals surface area contributed by atoms with Gasteiger partial charge >= 0.3 is 5.97 Å². The van der Waals surface area contributed by atoms with Crippen molar-refractivity contribution >= 4 is 5.97 Å². The molecule has 0 saturated heterocycles. The number of benzene rings is 1. The second-order valence-corrected chi connectivity index (χ2v) is 5.73. The number of carboxylic acid groups (broad SMARTS) is 1. The molecule has 2 aliphatic rings. The van der Waals surface area contributed by atoms with Gasteiger partial charge in [-0.3, -0.25) is 9.69 Å². The third-order valence-electron chi connectivity index (χ3n) is 4.46. The van der Waals surface area contributed by atoms with E-state index < -0.39 is 5.97 Å². The van der Waals surface area contributed by atoms with Crippen molar-refractivity contribution in [2.45, 2.75) is 44.4 Å². The summed E-state index contributed by atoms with van der Waals surface area (Å²) >= 11 is 0. The number of nitrogens with zero attached hydrogens (tertiary/aromatic N) is 1. The molecule has 1 atom stereocenters. The maximum atomic E-state index is 11.2. The highest BCUT2D eigenvalue weighted by molar-refractivity contribution is 5.69. The largest absolute Gasteiger partial charge is 0.480 e. The number of aliphatic carboxylic acids is 1. The molecule has 0 spiro atoms. The van der Waals surface area contributed by atoms with E-state index in [1.165, 1.54) is 24.0 Å². The van der Waals surface area contributed by atoms with Gasteiger partial charge in [-0.1, -0.05) is 37.1 Å². The first-order valence-corrected chi connectivity index (χ1v) is 7.39. The van der Waals surface area contributed by atoms with Gasteiger partial charge in [-0.05, 0) is 24.0 Å². The monoisotopic (exact) mass is 275 g/mol. The highest BCUT2D eigenvalue weighted by Gasteiger charge is 2.33. The van der Waals surface area contributed by atoms with Gasteiger partial charge in [0, 0.05) is 6.04 Å². The van der Waals surface area contributed by atoms with Crippen LogP contribution in [-0.2, 0) is 16.1 Å². The molecule has 1 saturated carbocycles. The molecule has 4 heteroatoms. The Balaban J connectivity index is 1.89. The van der Waals surface area contributed by atoms with E-state index >= 15 is 0 Å². The zero-order valence-electron chi connectivity index (χ0n) is 11.6. The smallest absolute Gasteiger partial charge is 0.317 e. The lowest BCUT2D eigenvalue weighted by Crippen LogP contribution is -2.43. The molecule has 1 heterocycles. The number of carbonyl (C=O) groups is 1. The third kappa shape index (κ3) is 2.72. The fourth-order valence-electron chi connectivity index (χ4n) is 3.52. The predicted molar refractivity (Wildman–Crippen MR) is 75.4 cm³/mol. The Morgan fingerprint density at radius 2 is 2.05 bits per heavy atom. The van der Waals surface area contributed by atoms with Gasteiger partial charge in [0.05, 0.1) is 25.8 Å². The van der Waals surface area contributed by atoms with E-state index in [0.717, 1.165) is 12.8 Å². The van der Waals surface area contributed by atoms with Crippen molar-refractivity contribution < 1.29 is 14.6 Å². The fraction of sp³-hybridized carbons (Fsp3) is 0.562. The minimum absolute atomic E-state index is 0.0825. The Kier molecular flexibility index (Phi) is 4.03. The zero-order chi connectivity index (χ0) is 13.9. The van der Waals surface area contributed by atoms with Crippen LogP contribution in [0.5, 0.6) is 0 Å². The molecular formula is C16H21NO3. The van der Waals surface area contributed by atoms with Crippen LogP contribution < -0.4 is 0 Å². The average molecular weight is 275 g/mol. The molecule has 1 aromatic carbocycles. The molecule has 20 heavy (non-hydrogen) atoms. The van der Waals surface area contributed by atoms with Gasteiger partial charge in [-0.2, -0.15) is 0 Å². The van der Waals surface area contributed by atoms with Gasteiger partial charge < -0.3 is 9.84 Å². The van der Waals surface area contributed by atoms with E-state index in [0.29, 0.717) is 19.3 Å². The fourth-order valence-corrected chi connectivity index (χ4v) is 3.52. The highest BCUT2D eigenvalue weighted by atomic mass is 16.5. The van der Waals surface area contributed by atoms with Crippen LogP contribution in [0, 0.1) is 0 Å². The summed E-state index contributed by atoms with van der Waals surface area (Å²) in [5.41, 5.74) is 2.43. The van der Waals surface area contributed by atoms with Crippen molar-refractivity contribution in [3.05, 3.63) is 35.4 Å². The molecule has 4 nitrogen and oxygen atoms in total. The molecule has 1 aliphatic heterocycles. The lowest BCUT2D eigenvalue weighted by Gasteiger charge is -2.38. The Labute approximate surface area is 119 Å². The Hall–Kier alpha value is -1.39. The normalized spacial score (nSPS) is 22.9. The molecule has 0 radical (unpaired) electrons. The van der Waals surface area contributed by atoms with Crippen molar-refractivity contribution in [2.75, 3.05) is 13.2 Å². The molecule has 0 bridgehead atoms. The van der Waals surface area contributed by atoms with Crippen LogP contribution in [0.25, 0.3) is 0 Å². The molecule has 0 amide bonds. The van der Waals surface area contributed by atoms with Crippen molar-refractivity contribution in [3.8, 4) is 0 Å². The van der Waals surface area contributed by atoms with E-state index in [2.05, 4.69) is 17.0 Å². The molecule has 0 aromatic heterocycles. The third-order valence-corrected chi connectivity index (χ3v) is 4.46. The SMILES string of the molecule is O=C(O)CN(C1CCCC1)C1COCc2ccccc21. The molecule has 1 aliphatic carbocycles.